The molecule has 0 aromatic heterocycles. The topological polar surface area (TPSA) is 263 Å². The summed E-state index contributed by atoms with van der Waals surface area (Å²) in [5.41, 5.74) is 0. The molecule has 0 amide bonds. The molecule has 2 fully saturated rings. The summed E-state index contributed by atoms with van der Waals surface area (Å²) in [4.78, 5) is 22.6. The largest absolute Gasteiger partial charge is 0.748 e. The summed E-state index contributed by atoms with van der Waals surface area (Å²) in [5, 5.41) is 43.2. The van der Waals surface area contributed by atoms with Crippen LogP contribution in [0.1, 0.15) is 19.3 Å². The van der Waals surface area contributed by atoms with E-state index in [1.54, 1.807) is 4.72 Å². The van der Waals surface area contributed by atoms with Gasteiger partial charge in [-0.2, -0.15) is 0 Å². The fourth-order valence-corrected chi connectivity index (χ4v) is 6.64. The van der Waals surface area contributed by atoms with Crippen LogP contribution >= 0.6 is 0 Å². The van der Waals surface area contributed by atoms with E-state index >= 15 is 0 Å². The normalized spacial score (nSPS) is 39.4. The minimum Gasteiger partial charge on any atom is -0.748 e. The summed E-state index contributed by atoms with van der Waals surface area (Å²) in [6.07, 6.45) is -9.16. The Hall–Kier alpha value is -1.44. The molecule has 0 aromatic rings. The highest BCUT2D eigenvalue weighted by molar-refractivity contribution is 7.85. The minimum atomic E-state index is -5.23. The number of aliphatic hydroxyl groups is 3. The number of carbonyl (C=O) groups is 2. The Kier molecular flexibility index (Phi) is 9.39. The van der Waals surface area contributed by atoms with Crippen LogP contribution in [0.5, 0.6) is 0 Å². The Morgan fingerprint density at radius 3 is 2.15 bits per heavy atom. The van der Waals surface area contributed by atoms with Crippen LogP contribution in [0.3, 0.4) is 0 Å². The zero-order valence-corrected chi connectivity index (χ0v) is 19.5. The highest BCUT2D eigenvalue weighted by atomic mass is 32.2. The van der Waals surface area contributed by atoms with E-state index in [9.17, 15) is 56.0 Å². The molecule has 34 heavy (non-hydrogen) atoms. The second-order valence-corrected chi connectivity index (χ2v) is 11.2. The van der Waals surface area contributed by atoms with Crippen molar-refractivity contribution in [2.45, 2.75) is 55.8 Å². The Labute approximate surface area is 195 Å². The van der Waals surface area contributed by atoms with Gasteiger partial charge in [-0.15, -0.1) is 0 Å². The van der Waals surface area contributed by atoms with E-state index in [1.807, 2.05) is 0 Å². The Morgan fingerprint density at radius 2 is 1.68 bits per heavy atom. The van der Waals surface area contributed by atoms with Gasteiger partial charge in [0.15, 0.2) is 10.3 Å². The molecule has 2 aliphatic rings. The van der Waals surface area contributed by atoms with Gasteiger partial charge in [0.2, 0.25) is 0 Å². The van der Waals surface area contributed by atoms with Crippen molar-refractivity contribution in [3.05, 3.63) is 0 Å². The van der Waals surface area contributed by atoms with Crippen molar-refractivity contribution in [1.29, 1.82) is 0 Å². The molecule has 0 spiro atoms. The van der Waals surface area contributed by atoms with Crippen molar-refractivity contribution in [2.24, 2.45) is 23.7 Å². The molecular weight excluding hydrogens is 506 g/mol. The molecule has 15 nitrogen and oxygen atoms in total. The molecule has 0 aliphatic heterocycles. The molecule has 17 heteroatoms. The zero-order chi connectivity index (χ0) is 26.0. The molecule has 4 N–H and O–H groups in total. The first-order chi connectivity index (χ1) is 15.6. The van der Waals surface area contributed by atoms with Crippen molar-refractivity contribution in [3.63, 3.8) is 0 Å². The van der Waals surface area contributed by atoms with Gasteiger partial charge in [-0.3, -0.25) is 4.79 Å². The van der Waals surface area contributed by atoms with Gasteiger partial charge in [-0.1, -0.05) is 0 Å². The van der Waals surface area contributed by atoms with Crippen LogP contribution < -0.4 is 9.83 Å². The second kappa shape index (κ2) is 11.1. The first kappa shape index (κ1) is 28.8. The molecule has 2 saturated carbocycles. The summed E-state index contributed by atoms with van der Waals surface area (Å²) in [5.74, 6) is -8.01. The van der Waals surface area contributed by atoms with Gasteiger partial charge < -0.3 is 43.8 Å². The number of methoxy groups -OCH3 is 1. The number of rotatable bonds is 10. The maximum absolute atomic E-state index is 11.7. The molecule has 0 aromatic carbocycles. The Morgan fingerprint density at radius 1 is 1.06 bits per heavy atom. The number of carboxylic acid groups (broad SMARTS) is 1. The molecule has 0 radical (unpaired) electrons. The monoisotopic (exact) mass is 532 g/mol. The Balaban J connectivity index is 2.46. The van der Waals surface area contributed by atoms with Gasteiger partial charge in [0, 0.05) is 30.7 Å². The summed E-state index contributed by atoms with van der Waals surface area (Å²) in [6, 6.07) is -1.70. The summed E-state index contributed by atoms with van der Waals surface area (Å²) >= 11 is 0. The molecule has 10 atom stereocenters. The van der Waals surface area contributed by atoms with Crippen LogP contribution in [-0.4, -0.2) is 103 Å². The zero-order valence-electron chi connectivity index (χ0n) is 17.8. The number of aliphatic hydroxyl groups excluding tert-OH is 3. The molecule has 0 bridgehead atoms. The lowest BCUT2D eigenvalue weighted by atomic mass is 9.66. The number of hydrogen-bond donors (Lipinski definition) is 4. The van der Waals surface area contributed by atoms with Gasteiger partial charge >= 0.3 is 0 Å². The maximum Gasteiger partial charge on any atom is 0.293 e. The molecule has 2 rings (SSSR count). The van der Waals surface area contributed by atoms with Gasteiger partial charge in [0.05, 0.1) is 28.4 Å². The van der Waals surface area contributed by atoms with Crippen LogP contribution in [0.2, 0.25) is 0 Å². The lowest BCUT2D eigenvalue weighted by Crippen LogP contribution is -2.61. The first-order valence-electron chi connectivity index (χ1n) is 10.1. The SMILES string of the molecule is CO[C@@H]1CC(C(=O)[O-])[C@H](C[C@@H]2CC(CS(=O)(=O)[O-])[C@H](OC=O)[C@@H](O)C2NS(=O)(=O)[O-])[C@@H](O)C1O. The number of carbonyl (C=O) groups excluding carboxylic acids is 2. The third-order valence-electron chi connectivity index (χ3n) is 6.55. The van der Waals surface area contributed by atoms with E-state index in [0.717, 1.165) is 0 Å². The second-order valence-electron chi connectivity index (χ2n) is 8.58. The predicted molar refractivity (Wildman–Crippen MR) is 104 cm³/mol. The van der Waals surface area contributed by atoms with E-state index in [2.05, 4.69) is 4.74 Å². The lowest BCUT2D eigenvalue weighted by molar-refractivity contribution is -0.318. The molecule has 4 unspecified atom stereocenters. The molecule has 198 valence electrons. The first-order valence-corrected chi connectivity index (χ1v) is 13.1. The van der Waals surface area contributed by atoms with Crippen LogP contribution in [0, 0.1) is 23.7 Å². The maximum atomic E-state index is 11.7. The fourth-order valence-electron chi connectivity index (χ4n) is 5.12. The van der Waals surface area contributed by atoms with Gasteiger partial charge in [0.1, 0.15) is 18.3 Å². The van der Waals surface area contributed by atoms with E-state index in [-0.39, 0.29) is 12.9 Å². The molecule has 2 aliphatic carbocycles. The third kappa shape index (κ3) is 7.05. The summed E-state index contributed by atoms with van der Waals surface area (Å²) in [6.45, 7) is -0.153. The van der Waals surface area contributed by atoms with Crippen LogP contribution in [0.4, 0.5) is 0 Å². The van der Waals surface area contributed by atoms with Gasteiger partial charge in [-0.25, -0.2) is 21.6 Å². The Bertz CT molecular complexity index is 940. The van der Waals surface area contributed by atoms with E-state index < -0.39 is 105 Å². The average molecular weight is 533 g/mol. The highest BCUT2D eigenvalue weighted by Gasteiger charge is 2.50. The van der Waals surface area contributed by atoms with Crippen LogP contribution in [-0.2, 0) is 39.5 Å². The van der Waals surface area contributed by atoms with Crippen molar-refractivity contribution in [3.8, 4) is 0 Å². The van der Waals surface area contributed by atoms with Gasteiger partial charge in [0.25, 0.3) is 6.47 Å². The van der Waals surface area contributed by atoms with Crippen LogP contribution in [0.15, 0.2) is 0 Å². The smallest absolute Gasteiger partial charge is 0.293 e. The van der Waals surface area contributed by atoms with E-state index in [0.29, 0.717) is 0 Å². The van der Waals surface area contributed by atoms with Crippen molar-refractivity contribution in [2.75, 3.05) is 12.9 Å². The van der Waals surface area contributed by atoms with E-state index in [1.165, 1.54) is 7.11 Å². The van der Waals surface area contributed by atoms with Crippen LogP contribution in [0.25, 0.3) is 0 Å². The van der Waals surface area contributed by atoms with Crippen molar-refractivity contribution >= 4 is 32.9 Å². The standard InChI is InChI=1S/C17H29NO14S2/c1-31-11-4-10(17(23)24)9(13(20)14(11)21)3-7-2-8(5-33(25,26)27)16(32-6-19)15(22)12(7)18-34(28,29)30/h6-16,18,20-22H,2-5H2,1H3,(H,23,24)(H,25,26,27)(H,28,29,30)/p-3/t7-,8?,9-,10?,11+,12?,13+,14?,15-,16-/m0/s1. The lowest BCUT2D eigenvalue weighted by Gasteiger charge is -2.48. The van der Waals surface area contributed by atoms with Gasteiger partial charge in [-0.05, 0) is 31.1 Å². The van der Waals surface area contributed by atoms with E-state index in [4.69, 9.17) is 4.74 Å². The number of hydrogen-bond acceptors (Lipinski definition) is 14. The quantitative estimate of drug-likeness (QED) is 0.152. The summed E-state index contributed by atoms with van der Waals surface area (Å²) in [7, 11) is -8.98. The molecule has 0 heterocycles. The number of ether oxygens (including phenoxy) is 2. The number of aliphatic carboxylic acids is 1. The van der Waals surface area contributed by atoms with Crippen molar-refractivity contribution < 1.29 is 65.4 Å². The predicted octanol–water partition coefficient (Wildman–Crippen LogP) is -5.00. The summed E-state index contributed by atoms with van der Waals surface area (Å²) < 4.78 is 79.5. The average Bonchev–Trinajstić information content (AvgIpc) is 2.69. The van der Waals surface area contributed by atoms with Crippen molar-refractivity contribution in [1.82, 2.24) is 4.72 Å². The molecule has 0 saturated heterocycles. The fraction of sp³-hybridized carbons (Fsp3) is 0.882. The molecular formula is C17H26NO14S2-3. The number of nitrogens with one attached hydrogen (secondary N) is 1. The third-order valence-corrected chi connectivity index (χ3v) is 7.94. The highest BCUT2D eigenvalue weighted by Crippen LogP contribution is 2.42. The number of carboxylic acids is 1. The minimum absolute atomic E-state index is 0.153.